The molecular formula is C13H17FOS. The lowest BCUT2D eigenvalue weighted by atomic mass is 9.90. The molecule has 0 aliphatic heterocycles. The summed E-state index contributed by atoms with van der Waals surface area (Å²) >= 11 is 4.41. The predicted octanol–water partition coefficient (Wildman–Crippen LogP) is 3.69. The van der Waals surface area contributed by atoms with Gasteiger partial charge in [-0.1, -0.05) is 18.9 Å². The molecule has 0 radical (unpaired) electrons. The third-order valence-corrected chi connectivity index (χ3v) is 4.01. The summed E-state index contributed by atoms with van der Waals surface area (Å²) in [5, 5.41) is 0. The Balaban J connectivity index is 1.95. The second kappa shape index (κ2) is 5.09. The number of rotatable bonds is 4. The first-order valence-corrected chi connectivity index (χ1v) is 6.37. The van der Waals surface area contributed by atoms with E-state index in [9.17, 15) is 4.39 Å². The Labute approximate surface area is 101 Å². The highest BCUT2D eigenvalue weighted by Crippen LogP contribution is 2.39. The minimum Gasteiger partial charge on any atom is -0.493 e. The molecule has 1 aliphatic rings. The maximum atomic E-state index is 12.9. The van der Waals surface area contributed by atoms with Gasteiger partial charge in [0.1, 0.15) is 11.6 Å². The molecule has 16 heavy (non-hydrogen) atoms. The van der Waals surface area contributed by atoms with Gasteiger partial charge in [0.25, 0.3) is 0 Å². The third kappa shape index (κ3) is 2.70. The van der Waals surface area contributed by atoms with Crippen LogP contribution in [0.2, 0.25) is 0 Å². The molecule has 0 unspecified atom stereocenters. The summed E-state index contributed by atoms with van der Waals surface area (Å²) in [5.74, 6) is 1.22. The van der Waals surface area contributed by atoms with E-state index < -0.39 is 0 Å². The zero-order valence-electron chi connectivity index (χ0n) is 9.29. The highest BCUT2D eigenvalue weighted by molar-refractivity contribution is 7.80. The SMILES string of the molecule is Fc1cccc(OCC2(CS)CCCC2)c1. The van der Waals surface area contributed by atoms with Crippen LogP contribution in [-0.4, -0.2) is 12.4 Å². The van der Waals surface area contributed by atoms with Gasteiger partial charge in [-0.2, -0.15) is 12.6 Å². The van der Waals surface area contributed by atoms with Crippen molar-refractivity contribution in [3.63, 3.8) is 0 Å². The van der Waals surface area contributed by atoms with Crippen molar-refractivity contribution in [3.8, 4) is 5.75 Å². The van der Waals surface area contributed by atoms with E-state index >= 15 is 0 Å². The van der Waals surface area contributed by atoms with E-state index in [1.807, 2.05) is 0 Å². The summed E-state index contributed by atoms with van der Waals surface area (Å²) in [6.45, 7) is 0.653. The summed E-state index contributed by atoms with van der Waals surface area (Å²) in [6, 6.07) is 6.33. The average molecular weight is 240 g/mol. The monoisotopic (exact) mass is 240 g/mol. The lowest BCUT2D eigenvalue weighted by molar-refractivity contribution is 0.172. The zero-order valence-corrected chi connectivity index (χ0v) is 10.2. The average Bonchev–Trinajstić information content (AvgIpc) is 2.76. The molecule has 1 aromatic rings. The van der Waals surface area contributed by atoms with Gasteiger partial charge in [-0.25, -0.2) is 4.39 Å². The molecule has 1 fully saturated rings. The normalized spacial score (nSPS) is 18.6. The first-order valence-electron chi connectivity index (χ1n) is 5.73. The molecule has 0 bridgehead atoms. The summed E-state index contributed by atoms with van der Waals surface area (Å²) in [7, 11) is 0. The first-order chi connectivity index (χ1) is 7.74. The maximum Gasteiger partial charge on any atom is 0.126 e. The van der Waals surface area contributed by atoms with E-state index in [2.05, 4.69) is 12.6 Å². The lowest BCUT2D eigenvalue weighted by Gasteiger charge is -2.26. The minimum atomic E-state index is -0.246. The van der Waals surface area contributed by atoms with Crippen LogP contribution in [-0.2, 0) is 0 Å². The van der Waals surface area contributed by atoms with Crippen molar-refractivity contribution in [1.29, 1.82) is 0 Å². The molecule has 1 aromatic carbocycles. The van der Waals surface area contributed by atoms with Crippen LogP contribution < -0.4 is 4.74 Å². The van der Waals surface area contributed by atoms with E-state index in [1.165, 1.54) is 37.8 Å². The number of hydrogen-bond donors (Lipinski definition) is 1. The van der Waals surface area contributed by atoms with Crippen LogP contribution in [0.5, 0.6) is 5.75 Å². The van der Waals surface area contributed by atoms with Crippen molar-refractivity contribution in [2.24, 2.45) is 5.41 Å². The zero-order chi connectivity index (χ0) is 11.4. The van der Waals surface area contributed by atoms with Crippen molar-refractivity contribution < 1.29 is 9.13 Å². The number of hydrogen-bond acceptors (Lipinski definition) is 2. The third-order valence-electron chi connectivity index (χ3n) is 3.34. The van der Waals surface area contributed by atoms with Crippen LogP contribution in [0.3, 0.4) is 0 Å². The Morgan fingerprint density at radius 1 is 1.31 bits per heavy atom. The molecule has 0 spiro atoms. The van der Waals surface area contributed by atoms with Gasteiger partial charge in [-0.15, -0.1) is 0 Å². The molecule has 0 atom stereocenters. The predicted molar refractivity (Wildman–Crippen MR) is 66.6 cm³/mol. The van der Waals surface area contributed by atoms with Crippen molar-refractivity contribution in [2.45, 2.75) is 25.7 Å². The Kier molecular flexibility index (Phi) is 3.74. The first kappa shape index (κ1) is 11.8. The fourth-order valence-electron chi connectivity index (χ4n) is 2.27. The molecule has 0 aromatic heterocycles. The van der Waals surface area contributed by atoms with Crippen molar-refractivity contribution in [1.82, 2.24) is 0 Å². The van der Waals surface area contributed by atoms with Gasteiger partial charge in [-0.3, -0.25) is 0 Å². The molecule has 3 heteroatoms. The van der Waals surface area contributed by atoms with Crippen molar-refractivity contribution in [2.75, 3.05) is 12.4 Å². The number of halogens is 1. The van der Waals surface area contributed by atoms with Crippen LogP contribution in [0.15, 0.2) is 24.3 Å². The van der Waals surface area contributed by atoms with Crippen LogP contribution in [0, 0.1) is 11.2 Å². The highest BCUT2D eigenvalue weighted by Gasteiger charge is 2.33. The molecule has 0 saturated heterocycles. The van der Waals surface area contributed by atoms with Gasteiger partial charge in [0, 0.05) is 11.5 Å². The van der Waals surface area contributed by atoms with Crippen LogP contribution in [0.25, 0.3) is 0 Å². The van der Waals surface area contributed by atoms with Gasteiger partial charge < -0.3 is 4.74 Å². The molecule has 1 aliphatic carbocycles. The highest BCUT2D eigenvalue weighted by atomic mass is 32.1. The van der Waals surface area contributed by atoms with Gasteiger partial charge in [0.15, 0.2) is 0 Å². The summed E-state index contributed by atoms with van der Waals surface area (Å²) in [4.78, 5) is 0. The standard InChI is InChI=1S/C13H17FOS/c14-11-4-3-5-12(8-11)15-9-13(10-16)6-1-2-7-13/h3-5,8,16H,1-2,6-7,9-10H2. The molecule has 88 valence electrons. The molecule has 0 N–H and O–H groups in total. The largest absolute Gasteiger partial charge is 0.493 e. The van der Waals surface area contributed by atoms with Gasteiger partial charge in [-0.05, 0) is 30.7 Å². The molecule has 1 saturated carbocycles. The van der Waals surface area contributed by atoms with Crippen LogP contribution in [0.1, 0.15) is 25.7 Å². The van der Waals surface area contributed by atoms with Crippen LogP contribution in [0.4, 0.5) is 4.39 Å². The number of benzene rings is 1. The van der Waals surface area contributed by atoms with E-state index in [4.69, 9.17) is 4.74 Å². The Bertz CT molecular complexity index is 348. The molecule has 0 amide bonds. The van der Waals surface area contributed by atoms with Crippen LogP contribution >= 0.6 is 12.6 Å². The number of ether oxygens (including phenoxy) is 1. The van der Waals surface area contributed by atoms with E-state index in [-0.39, 0.29) is 11.2 Å². The second-order valence-electron chi connectivity index (χ2n) is 4.61. The minimum absolute atomic E-state index is 0.204. The fraction of sp³-hybridized carbons (Fsp3) is 0.538. The van der Waals surface area contributed by atoms with E-state index in [0.29, 0.717) is 12.4 Å². The molecule has 1 nitrogen and oxygen atoms in total. The summed E-state index contributed by atoms with van der Waals surface area (Å²) in [5.41, 5.74) is 0.204. The Morgan fingerprint density at radius 3 is 2.69 bits per heavy atom. The topological polar surface area (TPSA) is 9.23 Å². The maximum absolute atomic E-state index is 12.9. The number of thiol groups is 1. The molecule has 2 rings (SSSR count). The second-order valence-corrected chi connectivity index (χ2v) is 4.93. The molecular weight excluding hydrogens is 223 g/mol. The van der Waals surface area contributed by atoms with E-state index in [1.54, 1.807) is 12.1 Å². The Morgan fingerprint density at radius 2 is 2.06 bits per heavy atom. The summed E-state index contributed by atoms with van der Waals surface area (Å²) in [6.07, 6.45) is 4.86. The fourth-order valence-corrected chi connectivity index (χ4v) is 2.67. The van der Waals surface area contributed by atoms with E-state index in [0.717, 1.165) is 5.75 Å². The van der Waals surface area contributed by atoms with Crippen molar-refractivity contribution >= 4 is 12.6 Å². The Hall–Kier alpha value is -0.700. The van der Waals surface area contributed by atoms with Crippen molar-refractivity contribution in [3.05, 3.63) is 30.1 Å². The van der Waals surface area contributed by atoms with Gasteiger partial charge >= 0.3 is 0 Å². The summed E-state index contributed by atoms with van der Waals surface area (Å²) < 4.78 is 18.6. The lowest BCUT2D eigenvalue weighted by Crippen LogP contribution is -2.27. The molecule has 0 heterocycles. The smallest absolute Gasteiger partial charge is 0.126 e. The quantitative estimate of drug-likeness (QED) is 0.790. The van der Waals surface area contributed by atoms with Gasteiger partial charge in [0.05, 0.1) is 6.61 Å². The van der Waals surface area contributed by atoms with Gasteiger partial charge in [0.2, 0.25) is 0 Å².